The van der Waals surface area contributed by atoms with Gasteiger partial charge in [-0.05, 0) is 37.3 Å². The molecule has 2 rings (SSSR count). The monoisotopic (exact) mass is 271 g/mol. The van der Waals surface area contributed by atoms with Gasteiger partial charge in [0.25, 0.3) is 5.91 Å². The smallest absolute Gasteiger partial charge is 0.255 e. The molecule has 2 N–H and O–H groups in total. The molecule has 1 aromatic heterocycles. The van der Waals surface area contributed by atoms with Crippen molar-refractivity contribution in [1.82, 2.24) is 4.98 Å². The number of methoxy groups -OCH3 is 1. The molecule has 1 aromatic carbocycles. The number of nitrogens with one attached hydrogen (secondary N) is 2. The number of ether oxygens (including phenoxy) is 1. The number of pyridine rings is 1. The van der Waals surface area contributed by atoms with Gasteiger partial charge < -0.3 is 15.4 Å². The van der Waals surface area contributed by atoms with E-state index in [2.05, 4.69) is 15.6 Å². The standard InChI is InChI=1S/C15H17N3O2/c1-3-16-12-6-4-11(5-7-12)15(19)18-13-8-9-14(20-2)17-10-13/h4-10,16H,3H2,1-2H3,(H,18,19). The van der Waals surface area contributed by atoms with Crippen LogP contribution in [0.3, 0.4) is 0 Å². The number of aromatic nitrogens is 1. The Morgan fingerprint density at radius 2 is 1.85 bits per heavy atom. The molecule has 0 spiro atoms. The molecule has 0 atom stereocenters. The number of carbonyl (C=O) groups excluding carboxylic acids is 1. The first-order valence-electron chi connectivity index (χ1n) is 6.38. The van der Waals surface area contributed by atoms with E-state index < -0.39 is 0 Å². The molecule has 104 valence electrons. The van der Waals surface area contributed by atoms with E-state index in [9.17, 15) is 4.79 Å². The number of anilines is 2. The first-order chi connectivity index (χ1) is 9.72. The molecule has 0 aliphatic rings. The summed E-state index contributed by atoms with van der Waals surface area (Å²) in [6.07, 6.45) is 1.56. The van der Waals surface area contributed by atoms with E-state index in [1.807, 2.05) is 19.1 Å². The molecule has 0 saturated carbocycles. The predicted molar refractivity (Wildman–Crippen MR) is 79.3 cm³/mol. The lowest BCUT2D eigenvalue weighted by Crippen LogP contribution is -2.12. The van der Waals surface area contributed by atoms with Crippen molar-refractivity contribution in [3.8, 4) is 5.88 Å². The molecule has 5 nitrogen and oxygen atoms in total. The van der Waals surface area contributed by atoms with Crippen LogP contribution in [0.15, 0.2) is 42.6 Å². The van der Waals surface area contributed by atoms with Gasteiger partial charge in [0, 0.05) is 23.9 Å². The van der Waals surface area contributed by atoms with Gasteiger partial charge in [-0.1, -0.05) is 0 Å². The van der Waals surface area contributed by atoms with Crippen LogP contribution in [-0.4, -0.2) is 24.5 Å². The molecule has 5 heteroatoms. The fraction of sp³-hybridized carbons (Fsp3) is 0.200. The lowest BCUT2D eigenvalue weighted by Gasteiger charge is -2.07. The maximum atomic E-state index is 12.0. The van der Waals surface area contributed by atoms with Crippen LogP contribution in [0, 0.1) is 0 Å². The van der Waals surface area contributed by atoms with Crippen LogP contribution in [0.25, 0.3) is 0 Å². The Labute approximate surface area is 118 Å². The Morgan fingerprint density at radius 1 is 1.15 bits per heavy atom. The van der Waals surface area contributed by atoms with Crippen LogP contribution < -0.4 is 15.4 Å². The molecule has 0 aliphatic heterocycles. The van der Waals surface area contributed by atoms with E-state index in [4.69, 9.17) is 4.74 Å². The number of hydrogen-bond donors (Lipinski definition) is 2. The summed E-state index contributed by atoms with van der Waals surface area (Å²) in [4.78, 5) is 16.1. The molecule has 0 unspecified atom stereocenters. The Bertz CT molecular complexity index is 565. The predicted octanol–water partition coefficient (Wildman–Crippen LogP) is 2.77. The highest BCUT2D eigenvalue weighted by Gasteiger charge is 2.06. The van der Waals surface area contributed by atoms with Crippen molar-refractivity contribution in [2.24, 2.45) is 0 Å². The SMILES string of the molecule is CCNc1ccc(C(=O)Nc2ccc(OC)nc2)cc1. The highest BCUT2D eigenvalue weighted by atomic mass is 16.5. The Balaban J connectivity index is 2.03. The van der Waals surface area contributed by atoms with Crippen molar-refractivity contribution in [2.45, 2.75) is 6.92 Å². The summed E-state index contributed by atoms with van der Waals surface area (Å²) in [6, 6.07) is 10.8. The van der Waals surface area contributed by atoms with Crippen molar-refractivity contribution in [3.63, 3.8) is 0 Å². The van der Waals surface area contributed by atoms with E-state index in [0.29, 0.717) is 17.1 Å². The topological polar surface area (TPSA) is 63.2 Å². The van der Waals surface area contributed by atoms with Crippen molar-refractivity contribution in [3.05, 3.63) is 48.2 Å². The number of benzene rings is 1. The fourth-order valence-corrected chi connectivity index (χ4v) is 1.72. The number of amides is 1. The normalized spacial score (nSPS) is 9.90. The third-order valence-electron chi connectivity index (χ3n) is 2.73. The van der Waals surface area contributed by atoms with Gasteiger partial charge >= 0.3 is 0 Å². The largest absolute Gasteiger partial charge is 0.481 e. The Kier molecular flexibility index (Phi) is 4.55. The summed E-state index contributed by atoms with van der Waals surface area (Å²) in [6.45, 7) is 2.88. The second-order valence-electron chi connectivity index (χ2n) is 4.15. The zero-order valence-corrected chi connectivity index (χ0v) is 11.5. The summed E-state index contributed by atoms with van der Waals surface area (Å²) in [5.74, 6) is 0.345. The van der Waals surface area contributed by atoms with Crippen LogP contribution in [-0.2, 0) is 0 Å². The highest BCUT2D eigenvalue weighted by Crippen LogP contribution is 2.14. The molecule has 20 heavy (non-hydrogen) atoms. The summed E-state index contributed by atoms with van der Waals surface area (Å²) < 4.78 is 4.96. The molecular formula is C15H17N3O2. The lowest BCUT2D eigenvalue weighted by molar-refractivity contribution is 0.102. The summed E-state index contributed by atoms with van der Waals surface area (Å²) in [7, 11) is 1.55. The third kappa shape index (κ3) is 3.47. The van der Waals surface area contributed by atoms with E-state index in [-0.39, 0.29) is 5.91 Å². The molecule has 1 heterocycles. The van der Waals surface area contributed by atoms with Crippen LogP contribution in [0.1, 0.15) is 17.3 Å². The molecule has 0 radical (unpaired) electrons. The summed E-state index contributed by atoms with van der Waals surface area (Å²) in [5.41, 5.74) is 2.23. The third-order valence-corrected chi connectivity index (χ3v) is 2.73. The van der Waals surface area contributed by atoms with Crippen LogP contribution in [0.2, 0.25) is 0 Å². The van der Waals surface area contributed by atoms with E-state index in [0.717, 1.165) is 12.2 Å². The quantitative estimate of drug-likeness (QED) is 0.877. The summed E-state index contributed by atoms with van der Waals surface area (Å²) >= 11 is 0. The van der Waals surface area contributed by atoms with Crippen molar-refractivity contribution in [2.75, 3.05) is 24.3 Å². The zero-order valence-electron chi connectivity index (χ0n) is 11.5. The second-order valence-corrected chi connectivity index (χ2v) is 4.15. The van der Waals surface area contributed by atoms with Crippen molar-refractivity contribution < 1.29 is 9.53 Å². The molecular weight excluding hydrogens is 254 g/mol. The van der Waals surface area contributed by atoms with Gasteiger partial charge in [-0.2, -0.15) is 0 Å². The second kappa shape index (κ2) is 6.56. The minimum absolute atomic E-state index is 0.167. The average molecular weight is 271 g/mol. The van der Waals surface area contributed by atoms with Gasteiger partial charge in [0.15, 0.2) is 0 Å². The van der Waals surface area contributed by atoms with Crippen molar-refractivity contribution in [1.29, 1.82) is 0 Å². The van der Waals surface area contributed by atoms with Crippen LogP contribution >= 0.6 is 0 Å². The van der Waals surface area contributed by atoms with Gasteiger partial charge in [-0.15, -0.1) is 0 Å². The van der Waals surface area contributed by atoms with Gasteiger partial charge in [0.1, 0.15) is 0 Å². The molecule has 0 fully saturated rings. The maximum absolute atomic E-state index is 12.0. The Hall–Kier alpha value is -2.56. The lowest BCUT2D eigenvalue weighted by atomic mass is 10.2. The fourth-order valence-electron chi connectivity index (χ4n) is 1.72. The van der Waals surface area contributed by atoms with Gasteiger partial charge in [0.05, 0.1) is 19.0 Å². The van der Waals surface area contributed by atoms with Crippen LogP contribution in [0.5, 0.6) is 5.88 Å². The van der Waals surface area contributed by atoms with E-state index in [1.165, 1.54) is 0 Å². The van der Waals surface area contributed by atoms with E-state index >= 15 is 0 Å². The number of carbonyl (C=O) groups is 1. The minimum atomic E-state index is -0.167. The Morgan fingerprint density at radius 3 is 2.40 bits per heavy atom. The first-order valence-corrected chi connectivity index (χ1v) is 6.38. The molecule has 0 saturated heterocycles. The van der Waals surface area contributed by atoms with Gasteiger partial charge in [-0.3, -0.25) is 4.79 Å². The van der Waals surface area contributed by atoms with Crippen molar-refractivity contribution >= 4 is 17.3 Å². The van der Waals surface area contributed by atoms with Gasteiger partial charge in [0.2, 0.25) is 5.88 Å². The number of hydrogen-bond acceptors (Lipinski definition) is 4. The first kappa shape index (κ1) is 13.9. The van der Waals surface area contributed by atoms with Gasteiger partial charge in [-0.25, -0.2) is 4.98 Å². The molecule has 2 aromatic rings. The van der Waals surface area contributed by atoms with E-state index in [1.54, 1.807) is 37.6 Å². The zero-order chi connectivity index (χ0) is 14.4. The molecule has 1 amide bonds. The van der Waals surface area contributed by atoms with Crippen LogP contribution in [0.4, 0.5) is 11.4 Å². The average Bonchev–Trinajstić information content (AvgIpc) is 2.49. The maximum Gasteiger partial charge on any atom is 0.255 e. The number of rotatable bonds is 5. The number of nitrogens with zero attached hydrogens (tertiary/aromatic N) is 1. The summed E-state index contributed by atoms with van der Waals surface area (Å²) in [5, 5.41) is 5.96. The highest BCUT2D eigenvalue weighted by molar-refractivity contribution is 6.04. The molecule has 0 aliphatic carbocycles. The minimum Gasteiger partial charge on any atom is -0.481 e. The molecule has 0 bridgehead atoms.